The summed E-state index contributed by atoms with van der Waals surface area (Å²) in [6, 6.07) is 12.9. The third-order valence-corrected chi connectivity index (χ3v) is 4.65. The fourth-order valence-corrected chi connectivity index (χ4v) is 3.15. The molecule has 0 fully saturated rings. The summed E-state index contributed by atoms with van der Waals surface area (Å²) in [6.45, 7) is 6.45. The minimum Gasteiger partial charge on any atom is -0.364 e. The SMILES string of the molecule is CCNC(=NCc1cccc(N2CC=CC2)c1)N(C)Cc1cccn1C.I. The zero-order chi connectivity index (χ0) is 18.4. The van der Waals surface area contributed by atoms with Gasteiger partial charge in [0, 0.05) is 51.3 Å². The molecule has 2 heterocycles. The Labute approximate surface area is 179 Å². The summed E-state index contributed by atoms with van der Waals surface area (Å²) < 4.78 is 2.15. The lowest BCUT2D eigenvalue weighted by molar-refractivity contribution is 0.462. The van der Waals surface area contributed by atoms with Gasteiger partial charge >= 0.3 is 0 Å². The number of anilines is 1. The summed E-state index contributed by atoms with van der Waals surface area (Å²) in [7, 11) is 4.16. The van der Waals surface area contributed by atoms with E-state index < -0.39 is 0 Å². The second-order valence-electron chi connectivity index (χ2n) is 6.68. The van der Waals surface area contributed by atoms with Crippen LogP contribution in [-0.4, -0.2) is 42.1 Å². The molecule has 1 aromatic carbocycles. The quantitative estimate of drug-likeness (QED) is 0.298. The van der Waals surface area contributed by atoms with E-state index in [1.807, 2.05) is 0 Å². The molecule has 0 saturated carbocycles. The van der Waals surface area contributed by atoms with Crippen LogP contribution >= 0.6 is 24.0 Å². The highest BCUT2D eigenvalue weighted by molar-refractivity contribution is 14.0. The van der Waals surface area contributed by atoms with E-state index in [-0.39, 0.29) is 24.0 Å². The van der Waals surface area contributed by atoms with Crippen LogP contribution in [0.25, 0.3) is 0 Å². The molecule has 0 aliphatic carbocycles. The summed E-state index contributed by atoms with van der Waals surface area (Å²) in [5.74, 6) is 0.932. The largest absolute Gasteiger partial charge is 0.364 e. The normalized spacial score (nSPS) is 13.6. The smallest absolute Gasteiger partial charge is 0.194 e. The van der Waals surface area contributed by atoms with E-state index in [1.54, 1.807) is 0 Å². The van der Waals surface area contributed by atoms with Crippen LogP contribution < -0.4 is 10.2 Å². The fraction of sp³-hybridized carbons (Fsp3) is 0.381. The minimum absolute atomic E-state index is 0. The van der Waals surface area contributed by atoms with Crippen LogP contribution in [0.5, 0.6) is 0 Å². The van der Waals surface area contributed by atoms with Crippen molar-refractivity contribution in [1.29, 1.82) is 0 Å². The minimum atomic E-state index is 0. The van der Waals surface area contributed by atoms with E-state index in [2.05, 4.69) is 95.4 Å². The van der Waals surface area contributed by atoms with Gasteiger partial charge in [-0.3, -0.25) is 0 Å². The van der Waals surface area contributed by atoms with Gasteiger partial charge in [-0.25, -0.2) is 4.99 Å². The van der Waals surface area contributed by atoms with Crippen LogP contribution in [0.2, 0.25) is 0 Å². The van der Waals surface area contributed by atoms with Crippen molar-refractivity contribution < 1.29 is 0 Å². The van der Waals surface area contributed by atoms with Crippen LogP contribution in [-0.2, 0) is 20.1 Å². The second-order valence-corrected chi connectivity index (χ2v) is 6.68. The maximum absolute atomic E-state index is 4.85. The number of aromatic nitrogens is 1. The number of rotatable bonds is 6. The lowest BCUT2D eigenvalue weighted by Gasteiger charge is -2.22. The first-order chi connectivity index (χ1) is 12.7. The van der Waals surface area contributed by atoms with E-state index >= 15 is 0 Å². The van der Waals surface area contributed by atoms with Gasteiger partial charge in [-0.1, -0.05) is 24.3 Å². The molecule has 1 aliphatic heterocycles. The highest BCUT2D eigenvalue weighted by atomic mass is 127. The molecule has 0 bridgehead atoms. The Morgan fingerprint density at radius 1 is 1.19 bits per heavy atom. The van der Waals surface area contributed by atoms with Crippen LogP contribution in [0.3, 0.4) is 0 Å². The molecule has 6 heteroatoms. The van der Waals surface area contributed by atoms with Crippen LogP contribution in [0, 0.1) is 0 Å². The number of hydrogen-bond donors (Lipinski definition) is 1. The third kappa shape index (κ3) is 5.76. The Balaban J connectivity index is 0.00000261. The summed E-state index contributed by atoms with van der Waals surface area (Å²) in [5, 5.41) is 3.40. The molecule has 1 aliphatic rings. The van der Waals surface area contributed by atoms with Crippen molar-refractivity contribution in [3.63, 3.8) is 0 Å². The predicted molar refractivity (Wildman–Crippen MR) is 125 cm³/mol. The lowest BCUT2D eigenvalue weighted by Crippen LogP contribution is -2.38. The van der Waals surface area contributed by atoms with Gasteiger partial charge in [-0.05, 0) is 36.8 Å². The highest BCUT2D eigenvalue weighted by Crippen LogP contribution is 2.19. The molecule has 5 nitrogen and oxygen atoms in total. The highest BCUT2D eigenvalue weighted by Gasteiger charge is 2.10. The van der Waals surface area contributed by atoms with Crippen molar-refractivity contribution in [1.82, 2.24) is 14.8 Å². The Bertz CT molecular complexity index is 772. The second kappa shape index (κ2) is 10.4. The monoisotopic (exact) mass is 479 g/mol. The Kier molecular flexibility index (Phi) is 8.22. The maximum atomic E-state index is 4.85. The van der Waals surface area contributed by atoms with E-state index in [9.17, 15) is 0 Å². The number of halogens is 1. The number of benzene rings is 1. The molecule has 2 aromatic rings. The molecule has 0 radical (unpaired) electrons. The van der Waals surface area contributed by atoms with Gasteiger partial charge in [0.1, 0.15) is 0 Å². The third-order valence-electron chi connectivity index (χ3n) is 4.65. The van der Waals surface area contributed by atoms with Gasteiger partial charge in [-0.15, -0.1) is 24.0 Å². The van der Waals surface area contributed by atoms with Crippen molar-refractivity contribution in [2.24, 2.45) is 12.0 Å². The van der Waals surface area contributed by atoms with Crippen LogP contribution in [0.15, 0.2) is 59.7 Å². The van der Waals surface area contributed by atoms with Crippen LogP contribution in [0.1, 0.15) is 18.2 Å². The fourth-order valence-electron chi connectivity index (χ4n) is 3.15. The topological polar surface area (TPSA) is 35.8 Å². The van der Waals surface area contributed by atoms with E-state index in [0.717, 1.165) is 32.1 Å². The van der Waals surface area contributed by atoms with Gasteiger partial charge in [0.2, 0.25) is 0 Å². The Morgan fingerprint density at radius 3 is 2.63 bits per heavy atom. The molecule has 27 heavy (non-hydrogen) atoms. The summed E-state index contributed by atoms with van der Waals surface area (Å²) in [5.41, 5.74) is 3.77. The van der Waals surface area contributed by atoms with Crippen LogP contribution in [0.4, 0.5) is 5.69 Å². The van der Waals surface area contributed by atoms with Gasteiger partial charge < -0.3 is 19.7 Å². The van der Waals surface area contributed by atoms with E-state index in [4.69, 9.17) is 4.99 Å². The molecule has 0 unspecified atom stereocenters. The van der Waals surface area contributed by atoms with E-state index in [1.165, 1.54) is 16.9 Å². The van der Waals surface area contributed by atoms with Gasteiger partial charge in [0.05, 0.1) is 13.1 Å². The van der Waals surface area contributed by atoms with Crippen molar-refractivity contribution in [3.05, 3.63) is 66.0 Å². The van der Waals surface area contributed by atoms with Gasteiger partial charge in [-0.2, -0.15) is 0 Å². The van der Waals surface area contributed by atoms with Crippen molar-refractivity contribution in [2.45, 2.75) is 20.0 Å². The Hall–Kier alpha value is -1.96. The first-order valence-corrected chi connectivity index (χ1v) is 9.26. The first kappa shape index (κ1) is 21.3. The molecular formula is C21H30IN5. The average molecular weight is 479 g/mol. The predicted octanol–water partition coefficient (Wildman–Crippen LogP) is 3.62. The lowest BCUT2D eigenvalue weighted by atomic mass is 10.2. The zero-order valence-electron chi connectivity index (χ0n) is 16.4. The summed E-state index contributed by atoms with van der Waals surface area (Å²) in [4.78, 5) is 9.38. The van der Waals surface area contributed by atoms with Gasteiger partial charge in [0.25, 0.3) is 0 Å². The number of aliphatic imine (C=N–C) groups is 1. The molecule has 0 spiro atoms. The number of nitrogens with zero attached hydrogens (tertiary/aromatic N) is 4. The van der Waals surface area contributed by atoms with E-state index in [0.29, 0.717) is 6.54 Å². The maximum Gasteiger partial charge on any atom is 0.194 e. The molecule has 0 saturated heterocycles. The molecule has 1 aromatic heterocycles. The van der Waals surface area contributed by atoms with Crippen molar-refractivity contribution in [2.75, 3.05) is 31.6 Å². The molecule has 0 amide bonds. The number of nitrogens with one attached hydrogen (secondary N) is 1. The molecule has 146 valence electrons. The molecular weight excluding hydrogens is 449 g/mol. The summed E-state index contributed by atoms with van der Waals surface area (Å²) in [6.07, 6.45) is 6.51. The number of hydrogen-bond acceptors (Lipinski definition) is 2. The van der Waals surface area contributed by atoms with Gasteiger partial charge in [0.15, 0.2) is 5.96 Å². The molecule has 1 N–H and O–H groups in total. The average Bonchev–Trinajstić information content (AvgIpc) is 3.31. The van der Waals surface area contributed by atoms with Crippen molar-refractivity contribution in [3.8, 4) is 0 Å². The number of aryl methyl sites for hydroxylation is 1. The molecule has 0 atom stereocenters. The Morgan fingerprint density at radius 2 is 1.96 bits per heavy atom. The molecule has 3 rings (SSSR count). The standard InChI is InChI=1S/C21H29N5.HI/c1-4-22-21(25(3)17-20-11-8-12-24(20)2)23-16-18-9-7-10-19(15-18)26-13-5-6-14-26;/h5-12,15H,4,13-14,16-17H2,1-3H3,(H,22,23);1H. The van der Waals surface area contributed by atoms with Crippen molar-refractivity contribution >= 4 is 35.6 Å². The zero-order valence-corrected chi connectivity index (χ0v) is 18.8. The number of guanidine groups is 1. The first-order valence-electron chi connectivity index (χ1n) is 9.26. The summed E-state index contributed by atoms with van der Waals surface area (Å²) >= 11 is 0.